The van der Waals surface area contributed by atoms with E-state index < -0.39 is 42.3 Å². The second kappa shape index (κ2) is 9.03. The number of pyridine rings is 1. The van der Waals surface area contributed by atoms with E-state index in [0.717, 1.165) is 0 Å². The number of hydrogen-bond acceptors (Lipinski definition) is 8. The first-order valence-electron chi connectivity index (χ1n) is 5.74. The maximum Gasteiger partial charge on any atom is 0.364 e. The van der Waals surface area contributed by atoms with Gasteiger partial charge in [0, 0.05) is 25.7 Å². The van der Waals surface area contributed by atoms with Crippen LogP contribution in [0.4, 0.5) is 0 Å². The Kier molecular flexibility index (Phi) is 8.16. The van der Waals surface area contributed by atoms with Crippen LogP contribution in [0.15, 0.2) is 24.4 Å². The smallest absolute Gasteiger partial charge is 0.364 e. The molecule has 1 aromatic heterocycles. The van der Waals surface area contributed by atoms with Gasteiger partial charge in [-0.3, -0.25) is 14.8 Å². The van der Waals surface area contributed by atoms with Gasteiger partial charge in [0.15, 0.2) is 0 Å². The van der Waals surface area contributed by atoms with Gasteiger partial charge < -0.3 is 14.9 Å². The largest absolute Gasteiger partial charge is 0.481 e. The van der Waals surface area contributed by atoms with Crippen LogP contribution in [0, 0.1) is 0 Å². The van der Waals surface area contributed by atoms with Gasteiger partial charge in [0.25, 0.3) is 0 Å². The topological polar surface area (TPSA) is 160 Å². The predicted octanol–water partition coefficient (Wildman–Crippen LogP) is -0.0597. The van der Waals surface area contributed by atoms with E-state index in [9.17, 15) is 19.2 Å². The van der Waals surface area contributed by atoms with Gasteiger partial charge in [-0.2, -0.15) is 0 Å². The molecule has 1 heterocycles. The summed E-state index contributed by atoms with van der Waals surface area (Å²) in [6.45, 7) is 0. The van der Waals surface area contributed by atoms with Crippen molar-refractivity contribution in [2.45, 2.75) is 18.4 Å². The monoisotopic (exact) mass is 377 g/mol. The Morgan fingerprint density at radius 1 is 1.13 bits per heavy atom. The summed E-state index contributed by atoms with van der Waals surface area (Å²) in [4.78, 5) is 52.0. The Morgan fingerprint density at radius 2 is 1.78 bits per heavy atom. The molecule has 1 unspecified atom stereocenters. The molecule has 0 aliphatic rings. The number of carbonyl (C=O) groups excluding carboxylic acids is 2. The number of ether oxygens (including phenoxy) is 1. The molecule has 11 heteroatoms. The van der Waals surface area contributed by atoms with E-state index in [1.807, 2.05) is 0 Å². The molecule has 3 N–H and O–H groups in total. The molecule has 0 saturated heterocycles. The van der Waals surface area contributed by atoms with Crippen LogP contribution in [-0.2, 0) is 43.5 Å². The van der Waals surface area contributed by atoms with Crippen LogP contribution in [-0.4, -0.2) is 49.9 Å². The molecule has 0 radical (unpaired) electrons. The molecule has 0 aliphatic heterocycles. The van der Waals surface area contributed by atoms with Crippen LogP contribution in [0.2, 0.25) is 0 Å². The van der Waals surface area contributed by atoms with E-state index in [-0.39, 0.29) is 25.2 Å². The Bertz CT molecular complexity index is 591. The van der Waals surface area contributed by atoms with E-state index in [1.165, 1.54) is 24.4 Å². The third-order valence-corrected chi connectivity index (χ3v) is 2.51. The maximum atomic E-state index is 11.6. The fraction of sp³-hybridized carbons (Fsp3) is 0.250. The average Bonchev–Trinajstić information content (AvgIpc) is 2.46. The number of aliphatic carboxylic acids is 2. The van der Waals surface area contributed by atoms with Gasteiger partial charge in [-0.15, -0.1) is 0 Å². The summed E-state index contributed by atoms with van der Waals surface area (Å²) < 4.78 is 4.34. The van der Waals surface area contributed by atoms with Crippen molar-refractivity contribution >= 4 is 23.9 Å². The summed E-state index contributed by atoms with van der Waals surface area (Å²) in [5.74, 6) is -6.09. The van der Waals surface area contributed by atoms with Crippen molar-refractivity contribution in [3.05, 3.63) is 30.1 Å². The minimum atomic E-state index is -2.76. The van der Waals surface area contributed by atoms with Crippen LogP contribution in [0.25, 0.3) is 0 Å². The average molecular weight is 379 g/mol. The Balaban J connectivity index is 0.00000484. The summed E-state index contributed by atoms with van der Waals surface area (Å²) in [6, 6.07) is 4.22. The van der Waals surface area contributed by atoms with Gasteiger partial charge in [0.1, 0.15) is 5.69 Å². The molecular weight excluding hydrogens is 368 g/mol. The van der Waals surface area contributed by atoms with Crippen molar-refractivity contribution in [2.24, 2.45) is 0 Å². The predicted molar refractivity (Wildman–Crippen MR) is 65.6 cm³/mol. The van der Waals surface area contributed by atoms with E-state index in [4.69, 9.17) is 15.5 Å². The Labute approximate surface area is 141 Å². The van der Waals surface area contributed by atoms with Gasteiger partial charge in [0.2, 0.25) is 5.60 Å². The van der Waals surface area contributed by atoms with Crippen molar-refractivity contribution in [2.75, 3.05) is 0 Å². The normalized spacial score (nSPS) is 12.4. The number of carboxylic acid groups (broad SMARTS) is 2. The first-order chi connectivity index (χ1) is 10.3. The molecule has 0 saturated carbocycles. The summed E-state index contributed by atoms with van der Waals surface area (Å²) >= 11 is 0. The molecule has 0 aliphatic carbocycles. The summed E-state index contributed by atoms with van der Waals surface area (Å²) in [5, 5.41) is 26.2. The van der Waals surface area contributed by atoms with Gasteiger partial charge in [-0.25, -0.2) is 19.5 Å². The van der Waals surface area contributed by atoms with Crippen molar-refractivity contribution in [1.29, 1.82) is 0 Å². The fourth-order valence-corrected chi connectivity index (χ4v) is 1.47. The van der Waals surface area contributed by atoms with E-state index >= 15 is 0 Å². The molecule has 1 atom stereocenters. The quantitative estimate of drug-likeness (QED) is 0.193. The Hall–Kier alpha value is -2.23. The number of aromatic nitrogens is 1. The third kappa shape index (κ3) is 5.82. The zero-order valence-corrected chi connectivity index (χ0v) is 14.6. The minimum absolute atomic E-state index is 0. The van der Waals surface area contributed by atoms with E-state index in [0.29, 0.717) is 0 Å². The number of carboxylic acids is 2. The second-order valence-electron chi connectivity index (χ2n) is 4.11. The van der Waals surface area contributed by atoms with Crippen molar-refractivity contribution in [3.8, 4) is 0 Å². The number of carbonyl (C=O) groups is 4. The molecule has 1 rings (SSSR count). The summed E-state index contributed by atoms with van der Waals surface area (Å²) in [6.07, 6.45) is -1.14. The summed E-state index contributed by atoms with van der Waals surface area (Å²) in [7, 11) is 0. The molecule has 0 fully saturated rings. The molecule has 0 spiro atoms. The summed E-state index contributed by atoms with van der Waals surface area (Å²) in [5.41, 5.74) is -2.97. The van der Waals surface area contributed by atoms with Crippen LogP contribution in [0.5, 0.6) is 0 Å². The number of rotatable bonds is 7. The van der Waals surface area contributed by atoms with Gasteiger partial charge in [0.05, 0.1) is 12.8 Å². The first kappa shape index (κ1) is 20.8. The fourth-order valence-electron chi connectivity index (χ4n) is 1.47. The van der Waals surface area contributed by atoms with Gasteiger partial charge >= 0.3 is 23.9 Å². The Morgan fingerprint density at radius 3 is 2.22 bits per heavy atom. The van der Waals surface area contributed by atoms with Crippen LogP contribution >= 0.6 is 0 Å². The van der Waals surface area contributed by atoms with Crippen molar-refractivity contribution < 1.29 is 63.8 Å². The van der Waals surface area contributed by atoms with Gasteiger partial charge in [-0.05, 0) is 12.1 Å². The first-order valence-corrected chi connectivity index (χ1v) is 5.74. The standard InChI is InChI=1S/C12H11NO9.Zn/c14-8(15)5-12(22-20,11(18)19)6-9(16)21-10(17)7-3-1-2-4-13-7;/h1-4,20H,5-6H2,(H,14,15)(H,18,19);. The number of nitrogens with zero attached hydrogens (tertiary/aromatic N) is 1. The van der Waals surface area contributed by atoms with Crippen molar-refractivity contribution in [3.63, 3.8) is 0 Å². The van der Waals surface area contributed by atoms with Crippen molar-refractivity contribution in [1.82, 2.24) is 4.98 Å². The zero-order valence-electron chi connectivity index (χ0n) is 11.7. The maximum absolute atomic E-state index is 11.6. The molecular formula is C12H11NO9Zn. The number of hydrogen-bond donors (Lipinski definition) is 3. The van der Waals surface area contributed by atoms with E-state index in [2.05, 4.69) is 14.6 Å². The molecule has 0 amide bonds. The molecule has 10 nitrogen and oxygen atoms in total. The zero-order chi connectivity index (χ0) is 16.8. The molecule has 23 heavy (non-hydrogen) atoms. The number of esters is 2. The minimum Gasteiger partial charge on any atom is -0.481 e. The van der Waals surface area contributed by atoms with Gasteiger partial charge in [-0.1, -0.05) is 6.07 Å². The molecule has 1 aromatic rings. The molecule has 0 bridgehead atoms. The molecule has 120 valence electrons. The second-order valence-corrected chi connectivity index (χ2v) is 4.11. The van der Waals surface area contributed by atoms with Crippen LogP contribution in [0.3, 0.4) is 0 Å². The van der Waals surface area contributed by atoms with Crippen LogP contribution < -0.4 is 0 Å². The third-order valence-electron chi connectivity index (χ3n) is 2.51. The van der Waals surface area contributed by atoms with Crippen LogP contribution in [0.1, 0.15) is 23.3 Å². The molecule has 0 aromatic carbocycles. The van der Waals surface area contributed by atoms with E-state index in [1.54, 1.807) is 0 Å². The SMILES string of the molecule is O=C(O)CC(CC(=O)OC(=O)c1ccccn1)(OO)C(=O)O.[Zn].